The van der Waals surface area contributed by atoms with Crippen LogP contribution in [0.1, 0.15) is 33.1 Å². The van der Waals surface area contributed by atoms with Gasteiger partial charge >= 0.3 is 51.4 Å². The van der Waals surface area contributed by atoms with Crippen LogP contribution in [0, 0.1) is 5.41 Å². The normalized spacial score (nSPS) is 13.9. The van der Waals surface area contributed by atoms with Gasteiger partial charge in [-0.05, 0) is 24.0 Å². The zero-order valence-corrected chi connectivity index (χ0v) is 16.7. The second-order valence-corrected chi connectivity index (χ2v) is 7.79. The van der Waals surface area contributed by atoms with E-state index >= 15 is 0 Å². The molecule has 1 atom stereocenters. The van der Waals surface area contributed by atoms with Crippen molar-refractivity contribution in [2.75, 3.05) is 23.9 Å². The molecule has 110 valence electrons. The first-order valence-corrected chi connectivity index (χ1v) is 8.70. The molecule has 0 fully saturated rings. The van der Waals surface area contributed by atoms with Gasteiger partial charge in [0.25, 0.3) is 0 Å². The summed E-state index contributed by atoms with van der Waals surface area (Å²) < 4.78 is 31.3. The third kappa shape index (κ3) is 16.0. The van der Waals surface area contributed by atoms with E-state index in [2.05, 4.69) is 13.8 Å². The van der Waals surface area contributed by atoms with Crippen LogP contribution in [-0.2, 0) is 10.1 Å². The monoisotopic (exact) mass is 338 g/mol. The van der Waals surface area contributed by atoms with Crippen LogP contribution in [0.4, 0.5) is 0 Å². The molecule has 0 spiro atoms. The van der Waals surface area contributed by atoms with Crippen LogP contribution >= 0.6 is 11.8 Å². The fourth-order valence-corrected chi connectivity index (χ4v) is 3.23. The predicted octanol–water partition coefficient (Wildman–Crippen LogP) is -2.18. The summed E-state index contributed by atoms with van der Waals surface area (Å²) >= 11 is 1.57. The Bertz CT molecular complexity index is 319. The molecule has 0 aliphatic heterocycles. The zero-order valence-electron chi connectivity index (χ0n) is 12.0. The van der Waals surface area contributed by atoms with E-state index in [0.29, 0.717) is 18.6 Å². The molecule has 0 aromatic carbocycles. The fourth-order valence-electron chi connectivity index (χ4n) is 1.48. The summed E-state index contributed by atoms with van der Waals surface area (Å²) in [5.41, 5.74) is 0.0342. The summed E-state index contributed by atoms with van der Waals surface area (Å²) in [4.78, 5) is 0. The van der Waals surface area contributed by atoms with Crippen LogP contribution in [0.2, 0.25) is 0 Å². The molecular formula is C11H23KO5S2. The average Bonchev–Trinajstić information content (AvgIpc) is 2.23. The van der Waals surface area contributed by atoms with Gasteiger partial charge in [-0.1, -0.05) is 20.3 Å². The van der Waals surface area contributed by atoms with Crippen molar-refractivity contribution in [1.29, 1.82) is 0 Å². The summed E-state index contributed by atoms with van der Waals surface area (Å²) in [6.45, 7) is 3.91. The molecule has 0 aromatic rings. The van der Waals surface area contributed by atoms with Crippen molar-refractivity contribution >= 4 is 21.9 Å². The quantitative estimate of drug-likeness (QED) is 0.267. The van der Waals surface area contributed by atoms with Gasteiger partial charge in [0, 0.05) is 11.5 Å². The second-order valence-electron chi connectivity index (χ2n) is 5.23. The Hall–Kier alpha value is 1.82. The first-order valence-electron chi connectivity index (χ1n) is 5.96. The Morgan fingerprint density at radius 1 is 1.32 bits per heavy atom. The Morgan fingerprint density at radius 3 is 2.37 bits per heavy atom. The summed E-state index contributed by atoms with van der Waals surface area (Å²) in [5.74, 6) is 1.03. The third-order valence-corrected chi connectivity index (χ3v) is 4.91. The SMILES string of the molecule is CC(C)(CCCCS(=O)(=O)[O-])CSCC(O)CO.[K+]. The van der Waals surface area contributed by atoms with Crippen LogP contribution in [0.3, 0.4) is 0 Å². The minimum Gasteiger partial charge on any atom is -0.748 e. The molecule has 0 aliphatic carbocycles. The summed E-state index contributed by atoms with van der Waals surface area (Å²) in [6.07, 6.45) is 1.26. The van der Waals surface area contributed by atoms with Gasteiger partial charge in [0.15, 0.2) is 0 Å². The van der Waals surface area contributed by atoms with Crippen LogP contribution in [-0.4, -0.2) is 53.2 Å². The zero-order chi connectivity index (χ0) is 14.2. The Labute approximate surface area is 163 Å². The molecule has 2 N–H and O–H groups in total. The topological polar surface area (TPSA) is 97.7 Å². The smallest absolute Gasteiger partial charge is 0.748 e. The summed E-state index contributed by atoms with van der Waals surface area (Å²) in [7, 11) is -4.09. The Morgan fingerprint density at radius 2 is 1.89 bits per heavy atom. The number of thioether (sulfide) groups is 1. The molecule has 0 heterocycles. The first kappa shape index (κ1) is 23.1. The van der Waals surface area contributed by atoms with Crippen molar-refractivity contribution in [3.63, 3.8) is 0 Å². The van der Waals surface area contributed by atoms with E-state index in [4.69, 9.17) is 5.11 Å². The van der Waals surface area contributed by atoms with Gasteiger partial charge in [-0.3, -0.25) is 0 Å². The second kappa shape index (κ2) is 11.4. The number of rotatable bonds is 10. The van der Waals surface area contributed by atoms with Crippen LogP contribution in [0.25, 0.3) is 0 Å². The molecule has 0 aliphatic rings. The maximum Gasteiger partial charge on any atom is 1.00 e. The summed E-state index contributed by atoms with van der Waals surface area (Å²) in [6, 6.07) is 0. The van der Waals surface area contributed by atoms with Gasteiger partial charge < -0.3 is 14.8 Å². The minimum atomic E-state index is -4.09. The Balaban J connectivity index is 0. The largest absolute Gasteiger partial charge is 1.00 e. The maximum atomic E-state index is 10.4. The minimum absolute atomic E-state index is 0. The van der Waals surface area contributed by atoms with E-state index in [-0.39, 0.29) is 69.2 Å². The molecule has 0 rings (SSSR count). The van der Waals surface area contributed by atoms with Gasteiger partial charge in [0.05, 0.1) is 22.8 Å². The number of aliphatic hydroxyl groups is 2. The fraction of sp³-hybridized carbons (Fsp3) is 1.00. The van der Waals surface area contributed by atoms with Crippen molar-refractivity contribution in [2.45, 2.75) is 39.2 Å². The molecule has 0 saturated carbocycles. The molecule has 8 heteroatoms. The standard InChI is InChI=1S/C11H24O5S2.K/c1-11(2,9-17-8-10(13)7-12)5-3-4-6-18(14,15)16;/h10,12-13H,3-9H2,1-2H3,(H,14,15,16);/q;+1/p-1. The summed E-state index contributed by atoms with van der Waals surface area (Å²) in [5, 5.41) is 17.9. The van der Waals surface area contributed by atoms with Gasteiger partial charge in [0.2, 0.25) is 0 Å². The van der Waals surface area contributed by atoms with E-state index in [1.807, 2.05) is 0 Å². The molecule has 1 unspecified atom stereocenters. The van der Waals surface area contributed by atoms with Crippen LogP contribution in [0.5, 0.6) is 0 Å². The molecule has 19 heavy (non-hydrogen) atoms. The van der Waals surface area contributed by atoms with E-state index in [1.165, 1.54) is 0 Å². The third-order valence-electron chi connectivity index (χ3n) is 2.51. The molecule has 0 amide bonds. The number of hydrogen-bond donors (Lipinski definition) is 2. The van der Waals surface area contributed by atoms with Crippen molar-refractivity contribution in [3.05, 3.63) is 0 Å². The van der Waals surface area contributed by atoms with Gasteiger partial charge in [-0.15, -0.1) is 0 Å². The van der Waals surface area contributed by atoms with Crippen LogP contribution < -0.4 is 51.4 Å². The molecular weight excluding hydrogens is 315 g/mol. The molecule has 0 radical (unpaired) electrons. The molecule has 0 aromatic heterocycles. The van der Waals surface area contributed by atoms with Crippen molar-refractivity contribution in [2.24, 2.45) is 5.41 Å². The number of unbranched alkanes of at least 4 members (excludes halogenated alkanes) is 1. The van der Waals surface area contributed by atoms with Gasteiger partial charge in [-0.2, -0.15) is 11.8 Å². The van der Waals surface area contributed by atoms with Crippen molar-refractivity contribution in [1.82, 2.24) is 0 Å². The van der Waals surface area contributed by atoms with E-state index in [1.54, 1.807) is 11.8 Å². The Kier molecular flexibility index (Phi) is 13.8. The maximum absolute atomic E-state index is 10.4. The molecule has 0 saturated heterocycles. The number of aliphatic hydroxyl groups excluding tert-OH is 2. The van der Waals surface area contributed by atoms with E-state index in [9.17, 15) is 18.1 Å². The van der Waals surface area contributed by atoms with E-state index in [0.717, 1.165) is 12.2 Å². The molecule has 5 nitrogen and oxygen atoms in total. The predicted molar refractivity (Wildman–Crippen MR) is 72.6 cm³/mol. The van der Waals surface area contributed by atoms with Gasteiger partial charge in [-0.25, -0.2) is 8.42 Å². The van der Waals surface area contributed by atoms with E-state index < -0.39 is 16.2 Å². The van der Waals surface area contributed by atoms with Gasteiger partial charge in [0.1, 0.15) is 0 Å². The first-order chi connectivity index (χ1) is 8.16. The molecule has 0 bridgehead atoms. The average molecular weight is 339 g/mol. The number of hydrogen-bond acceptors (Lipinski definition) is 6. The van der Waals surface area contributed by atoms with Crippen molar-refractivity contribution < 1.29 is 74.6 Å². The van der Waals surface area contributed by atoms with Crippen molar-refractivity contribution in [3.8, 4) is 0 Å². The van der Waals surface area contributed by atoms with Crippen LogP contribution in [0.15, 0.2) is 0 Å².